The molecule has 0 radical (unpaired) electrons. The van der Waals surface area contributed by atoms with Gasteiger partial charge in [-0.1, -0.05) is 12.1 Å². The van der Waals surface area contributed by atoms with Gasteiger partial charge in [0.1, 0.15) is 0 Å². The average Bonchev–Trinajstić information content (AvgIpc) is 2.30. The van der Waals surface area contributed by atoms with E-state index >= 15 is 0 Å². The lowest BCUT2D eigenvalue weighted by Crippen LogP contribution is -2.33. The van der Waals surface area contributed by atoms with E-state index in [9.17, 15) is 4.79 Å². The molecule has 3 N–H and O–H groups in total. The van der Waals surface area contributed by atoms with Crippen LogP contribution in [0.4, 0.5) is 5.69 Å². The number of carbonyl (C=O) groups excluding carboxylic acids is 1. The van der Waals surface area contributed by atoms with Crippen LogP contribution in [0, 0.1) is 6.92 Å². The topological polar surface area (TPSA) is 64.3 Å². The first-order valence-electron chi connectivity index (χ1n) is 6.01. The van der Waals surface area contributed by atoms with Crippen LogP contribution in [0.15, 0.2) is 18.2 Å². The number of amides is 1. The highest BCUT2D eigenvalue weighted by Gasteiger charge is 2.20. The fraction of sp³-hybridized carbons (Fsp3) is 0.500. The van der Waals surface area contributed by atoms with E-state index in [-0.39, 0.29) is 5.91 Å². The molecule has 1 aromatic rings. The minimum atomic E-state index is -0.436. The molecule has 0 spiro atoms. The standard InChI is InChI=1S/C14H22N2O2/c1-10-11(6-5-7-12(10)15)9-16-13(17)8-14(2,3)18-4/h5-7H,8-9,15H2,1-4H3,(H,16,17). The summed E-state index contributed by atoms with van der Waals surface area (Å²) in [5.41, 5.74) is 8.19. The Kier molecular flexibility index (Phi) is 4.73. The molecular weight excluding hydrogens is 228 g/mol. The van der Waals surface area contributed by atoms with Crippen molar-refractivity contribution in [2.24, 2.45) is 0 Å². The lowest BCUT2D eigenvalue weighted by Gasteiger charge is -2.22. The molecule has 0 aliphatic rings. The number of anilines is 1. The Bertz CT molecular complexity index is 428. The third kappa shape index (κ3) is 4.04. The number of benzene rings is 1. The molecule has 18 heavy (non-hydrogen) atoms. The van der Waals surface area contributed by atoms with E-state index < -0.39 is 5.60 Å². The number of nitrogens with one attached hydrogen (secondary N) is 1. The smallest absolute Gasteiger partial charge is 0.223 e. The second-order valence-corrected chi connectivity index (χ2v) is 5.05. The van der Waals surface area contributed by atoms with Gasteiger partial charge in [-0.25, -0.2) is 0 Å². The zero-order chi connectivity index (χ0) is 13.8. The highest BCUT2D eigenvalue weighted by Crippen LogP contribution is 2.16. The summed E-state index contributed by atoms with van der Waals surface area (Å²) in [6, 6.07) is 5.71. The van der Waals surface area contributed by atoms with Crippen molar-refractivity contribution in [2.75, 3.05) is 12.8 Å². The van der Waals surface area contributed by atoms with Crippen molar-refractivity contribution in [1.82, 2.24) is 5.32 Å². The summed E-state index contributed by atoms with van der Waals surface area (Å²) in [6.45, 7) is 6.22. The van der Waals surface area contributed by atoms with Gasteiger partial charge in [-0.2, -0.15) is 0 Å². The van der Waals surface area contributed by atoms with Gasteiger partial charge in [0.2, 0.25) is 5.91 Å². The third-order valence-electron chi connectivity index (χ3n) is 3.10. The van der Waals surface area contributed by atoms with Crippen molar-refractivity contribution in [3.63, 3.8) is 0 Å². The Morgan fingerprint density at radius 1 is 1.44 bits per heavy atom. The maximum Gasteiger partial charge on any atom is 0.223 e. The minimum Gasteiger partial charge on any atom is -0.399 e. The molecule has 0 aliphatic carbocycles. The lowest BCUT2D eigenvalue weighted by molar-refractivity contribution is -0.126. The van der Waals surface area contributed by atoms with E-state index in [0.29, 0.717) is 13.0 Å². The van der Waals surface area contributed by atoms with Gasteiger partial charge in [0.05, 0.1) is 12.0 Å². The highest BCUT2D eigenvalue weighted by atomic mass is 16.5. The van der Waals surface area contributed by atoms with Crippen LogP contribution in [0.25, 0.3) is 0 Å². The van der Waals surface area contributed by atoms with E-state index in [0.717, 1.165) is 16.8 Å². The second kappa shape index (κ2) is 5.87. The van der Waals surface area contributed by atoms with Gasteiger partial charge in [-0.3, -0.25) is 4.79 Å². The number of hydrogen-bond donors (Lipinski definition) is 2. The third-order valence-corrected chi connectivity index (χ3v) is 3.10. The molecule has 4 nitrogen and oxygen atoms in total. The predicted molar refractivity (Wildman–Crippen MR) is 73.1 cm³/mol. The Labute approximate surface area is 109 Å². The summed E-state index contributed by atoms with van der Waals surface area (Å²) in [5, 5.41) is 2.88. The van der Waals surface area contributed by atoms with Crippen LogP contribution >= 0.6 is 0 Å². The first kappa shape index (κ1) is 14.5. The summed E-state index contributed by atoms with van der Waals surface area (Å²) in [4.78, 5) is 11.8. The number of carbonyl (C=O) groups is 1. The quantitative estimate of drug-likeness (QED) is 0.786. The van der Waals surface area contributed by atoms with Gasteiger partial charge in [-0.15, -0.1) is 0 Å². The van der Waals surface area contributed by atoms with Crippen LogP contribution in [-0.4, -0.2) is 18.6 Å². The van der Waals surface area contributed by atoms with Gasteiger partial charge in [-0.05, 0) is 38.0 Å². The van der Waals surface area contributed by atoms with Crippen molar-refractivity contribution < 1.29 is 9.53 Å². The number of nitrogen functional groups attached to an aromatic ring is 1. The number of methoxy groups -OCH3 is 1. The van der Waals surface area contributed by atoms with Crippen molar-refractivity contribution in [3.05, 3.63) is 29.3 Å². The van der Waals surface area contributed by atoms with Crippen molar-refractivity contribution in [2.45, 2.75) is 39.3 Å². The van der Waals surface area contributed by atoms with Crippen LogP contribution in [0.2, 0.25) is 0 Å². The maximum atomic E-state index is 11.8. The molecule has 0 bridgehead atoms. The fourth-order valence-corrected chi connectivity index (χ4v) is 1.61. The van der Waals surface area contributed by atoms with E-state index in [1.54, 1.807) is 7.11 Å². The molecule has 0 fully saturated rings. The molecule has 0 heterocycles. The van der Waals surface area contributed by atoms with E-state index in [1.165, 1.54) is 0 Å². The summed E-state index contributed by atoms with van der Waals surface area (Å²) in [5.74, 6) is -0.0244. The number of ether oxygens (including phenoxy) is 1. The summed E-state index contributed by atoms with van der Waals surface area (Å²) >= 11 is 0. The van der Waals surface area contributed by atoms with Crippen molar-refractivity contribution in [3.8, 4) is 0 Å². The molecule has 1 rings (SSSR count). The molecular formula is C14H22N2O2. The monoisotopic (exact) mass is 250 g/mol. The van der Waals surface area contributed by atoms with Gasteiger partial charge < -0.3 is 15.8 Å². The largest absolute Gasteiger partial charge is 0.399 e. The van der Waals surface area contributed by atoms with Crippen molar-refractivity contribution in [1.29, 1.82) is 0 Å². The van der Waals surface area contributed by atoms with Gasteiger partial charge in [0, 0.05) is 19.3 Å². The fourth-order valence-electron chi connectivity index (χ4n) is 1.61. The zero-order valence-electron chi connectivity index (χ0n) is 11.5. The van der Waals surface area contributed by atoms with Crippen LogP contribution in [0.5, 0.6) is 0 Å². The van der Waals surface area contributed by atoms with E-state index in [1.807, 2.05) is 39.0 Å². The second-order valence-electron chi connectivity index (χ2n) is 5.05. The number of nitrogens with two attached hydrogens (primary N) is 1. The Morgan fingerprint density at radius 2 is 2.11 bits per heavy atom. The molecule has 4 heteroatoms. The van der Waals surface area contributed by atoms with Crippen LogP contribution in [0.1, 0.15) is 31.4 Å². The first-order valence-corrected chi connectivity index (χ1v) is 6.01. The number of rotatable bonds is 5. The number of hydrogen-bond acceptors (Lipinski definition) is 3. The van der Waals surface area contributed by atoms with Gasteiger partial charge in [0.15, 0.2) is 0 Å². The molecule has 0 saturated heterocycles. The zero-order valence-corrected chi connectivity index (χ0v) is 11.5. The Morgan fingerprint density at radius 3 is 2.72 bits per heavy atom. The van der Waals surface area contributed by atoms with E-state index in [4.69, 9.17) is 10.5 Å². The summed E-state index contributed by atoms with van der Waals surface area (Å²) in [6.07, 6.45) is 0.338. The normalized spacial score (nSPS) is 11.3. The summed E-state index contributed by atoms with van der Waals surface area (Å²) in [7, 11) is 1.61. The SMILES string of the molecule is COC(C)(C)CC(=O)NCc1cccc(N)c1C. The molecule has 0 aromatic heterocycles. The lowest BCUT2D eigenvalue weighted by atomic mass is 10.0. The summed E-state index contributed by atoms with van der Waals surface area (Å²) < 4.78 is 5.22. The molecule has 0 aliphatic heterocycles. The van der Waals surface area contributed by atoms with Gasteiger partial charge in [0.25, 0.3) is 0 Å². The highest BCUT2D eigenvalue weighted by molar-refractivity contribution is 5.77. The van der Waals surface area contributed by atoms with Crippen molar-refractivity contribution >= 4 is 11.6 Å². The molecule has 1 amide bonds. The molecule has 100 valence electrons. The maximum absolute atomic E-state index is 11.8. The average molecular weight is 250 g/mol. The predicted octanol–water partition coefficient (Wildman–Crippen LogP) is 2.01. The Balaban J connectivity index is 2.56. The molecule has 0 atom stereocenters. The van der Waals surface area contributed by atoms with Gasteiger partial charge >= 0.3 is 0 Å². The Hall–Kier alpha value is -1.55. The molecule has 0 unspecified atom stereocenters. The van der Waals surface area contributed by atoms with Crippen LogP contribution in [-0.2, 0) is 16.1 Å². The van der Waals surface area contributed by atoms with Crippen LogP contribution in [0.3, 0.4) is 0 Å². The van der Waals surface area contributed by atoms with Crippen LogP contribution < -0.4 is 11.1 Å². The van der Waals surface area contributed by atoms with E-state index in [2.05, 4.69) is 5.32 Å². The first-order chi connectivity index (χ1) is 8.35. The molecule has 0 saturated carbocycles. The molecule has 1 aromatic carbocycles. The minimum absolute atomic E-state index is 0.0244.